The molecule has 2 rings (SSSR count). The summed E-state index contributed by atoms with van der Waals surface area (Å²) in [6, 6.07) is 1.86. The molecule has 0 unspecified atom stereocenters. The van der Waals surface area contributed by atoms with E-state index in [0.29, 0.717) is 25.2 Å². The number of hydrogen-bond donors (Lipinski definition) is 2. The average Bonchev–Trinajstić information content (AvgIpc) is 2.84. The minimum absolute atomic E-state index is 0.201. The second kappa shape index (κ2) is 6.28. The molecule has 1 aromatic rings. The molecule has 6 heteroatoms. The number of carboxylic acid groups (broad SMARTS) is 1. The van der Waals surface area contributed by atoms with E-state index in [1.165, 1.54) is 0 Å². The summed E-state index contributed by atoms with van der Waals surface area (Å²) in [5.41, 5.74) is -0.109. The van der Waals surface area contributed by atoms with Gasteiger partial charge in [-0.1, -0.05) is 6.92 Å². The normalized spacial score (nSPS) is 25.5. The van der Waals surface area contributed by atoms with Gasteiger partial charge in [-0.25, -0.2) is 4.79 Å². The van der Waals surface area contributed by atoms with Crippen LogP contribution < -0.4 is 5.32 Å². The molecule has 1 heterocycles. The van der Waals surface area contributed by atoms with E-state index in [-0.39, 0.29) is 12.3 Å². The average molecular weight is 293 g/mol. The number of aliphatic carboxylic acids is 1. The van der Waals surface area contributed by atoms with Crippen LogP contribution >= 0.6 is 0 Å². The maximum atomic E-state index is 12.1. The van der Waals surface area contributed by atoms with Gasteiger partial charge in [-0.05, 0) is 44.1 Å². The summed E-state index contributed by atoms with van der Waals surface area (Å²) >= 11 is 0. The zero-order valence-electron chi connectivity index (χ0n) is 12.6. The van der Waals surface area contributed by atoms with Crippen molar-refractivity contribution in [2.24, 2.45) is 13.0 Å². The number of nitrogens with one attached hydrogen (secondary N) is 1. The Labute approximate surface area is 124 Å². The van der Waals surface area contributed by atoms with Gasteiger partial charge >= 0.3 is 5.97 Å². The van der Waals surface area contributed by atoms with Crippen LogP contribution in [0.25, 0.3) is 0 Å². The Morgan fingerprint density at radius 3 is 2.67 bits per heavy atom. The van der Waals surface area contributed by atoms with Crippen LogP contribution in [-0.4, -0.2) is 32.3 Å². The largest absolute Gasteiger partial charge is 0.480 e. The van der Waals surface area contributed by atoms with E-state index < -0.39 is 11.5 Å². The summed E-state index contributed by atoms with van der Waals surface area (Å²) in [7, 11) is 1.83. The molecule has 1 fully saturated rings. The van der Waals surface area contributed by atoms with Gasteiger partial charge in [-0.2, -0.15) is 5.10 Å². The molecule has 0 saturated heterocycles. The quantitative estimate of drug-likeness (QED) is 0.861. The van der Waals surface area contributed by atoms with Crippen LogP contribution in [0.15, 0.2) is 12.3 Å². The predicted molar refractivity (Wildman–Crippen MR) is 77.7 cm³/mol. The number of rotatable bonds is 5. The molecular weight excluding hydrogens is 270 g/mol. The van der Waals surface area contributed by atoms with Gasteiger partial charge in [0.25, 0.3) is 0 Å². The molecule has 0 radical (unpaired) electrons. The molecule has 1 saturated carbocycles. The molecule has 2 N–H and O–H groups in total. The first-order valence-electron chi connectivity index (χ1n) is 7.44. The lowest BCUT2D eigenvalue weighted by molar-refractivity contribution is -0.149. The lowest BCUT2D eigenvalue weighted by Crippen LogP contribution is -2.56. The van der Waals surface area contributed by atoms with Crippen molar-refractivity contribution in [3.8, 4) is 0 Å². The Balaban J connectivity index is 1.93. The third-order valence-corrected chi connectivity index (χ3v) is 4.45. The van der Waals surface area contributed by atoms with Gasteiger partial charge in [0.05, 0.1) is 0 Å². The number of hydrogen-bond acceptors (Lipinski definition) is 3. The van der Waals surface area contributed by atoms with E-state index in [9.17, 15) is 14.7 Å². The topological polar surface area (TPSA) is 84.2 Å². The van der Waals surface area contributed by atoms with Gasteiger partial charge in [0, 0.05) is 25.4 Å². The fourth-order valence-electron chi connectivity index (χ4n) is 2.86. The van der Waals surface area contributed by atoms with Crippen LogP contribution in [-0.2, 0) is 23.1 Å². The van der Waals surface area contributed by atoms with E-state index >= 15 is 0 Å². The predicted octanol–water partition coefficient (Wildman–Crippen LogP) is 1.50. The van der Waals surface area contributed by atoms with E-state index in [4.69, 9.17) is 0 Å². The van der Waals surface area contributed by atoms with Crippen LogP contribution in [0.5, 0.6) is 0 Å². The minimum Gasteiger partial charge on any atom is -0.480 e. The molecular formula is C15H23N3O3. The van der Waals surface area contributed by atoms with Gasteiger partial charge in [-0.3, -0.25) is 9.48 Å². The summed E-state index contributed by atoms with van der Waals surface area (Å²) in [6.45, 7) is 2.12. The second-order valence-corrected chi connectivity index (χ2v) is 6.06. The van der Waals surface area contributed by atoms with E-state index in [2.05, 4.69) is 17.3 Å². The summed E-state index contributed by atoms with van der Waals surface area (Å²) in [5.74, 6) is -0.583. The van der Waals surface area contributed by atoms with Crippen LogP contribution in [0.3, 0.4) is 0 Å². The molecule has 116 valence electrons. The number of aromatic nitrogens is 2. The number of amides is 1. The molecule has 0 bridgehead atoms. The van der Waals surface area contributed by atoms with E-state index in [1.54, 1.807) is 10.9 Å². The summed E-state index contributed by atoms with van der Waals surface area (Å²) in [5, 5.41) is 16.3. The first-order valence-corrected chi connectivity index (χ1v) is 7.44. The van der Waals surface area contributed by atoms with Crippen molar-refractivity contribution in [1.82, 2.24) is 15.1 Å². The van der Waals surface area contributed by atoms with Gasteiger partial charge in [0.15, 0.2) is 0 Å². The van der Waals surface area contributed by atoms with Crippen molar-refractivity contribution in [1.29, 1.82) is 0 Å². The summed E-state index contributed by atoms with van der Waals surface area (Å²) in [4.78, 5) is 23.7. The SMILES string of the molecule is CC1CCC(NC(=O)CCc2ccnn2C)(C(=O)O)CC1. The number of carbonyl (C=O) groups excluding carboxylic acids is 1. The zero-order valence-corrected chi connectivity index (χ0v) is 12.6. The Bertz CT molecular complexity index is 516. The highest BCUT2D eigenvalue weighted by Gasteiger charge is 2.42. The maximum Gasteiger partial charge on any atom is 0.329 e. The van der Waals surface area contributed by atoms with Crippen molar-refractivity contribution >= 4 is 11.9 Å². The van der Waals surface area contributed by atoms with E-state index in [1.807, 2.05) is 13.1 Å². The van der Waals surface area contributed by atoms with E-state index in [0.717, 1.165) is 18.5 Å². The lowest BCUT2D eigenvalue weighted by atomic mass is 9.77. The molecule has 0 atom stereocenters. The van der Waals surface area contributed by atoms with Crippen molar-refractivity contribution in [2.45, 2.75) is 51.0 Å². The third kappa shape index (κ3) is 3.62. The molecule has 0 aromatic carbocycles. The number of nitrogens with zero attached hydrogens (tertiary/aromatic N) is 2. The van der Waals surface area contributed by atoms with Gasteiger partial charge in [0.2, 0.25) is 5.91 Å². The molecule has 0 aliphatic heterocycles. The number of aryl methyl sites for hydroxylation is 2. The molecule has 0 spiro atoms. The smallest absolute Gasteiger partial charge is 0.329 e. The Kier molecular flexibility index (Phi) is 4.65. The van der Waals surface area contributed by atoms with Crippen molar-refractivity contribution < 1.29 is 14.7 Å². The maximum absolute atomic E-state index is 12.1. The van der Waals surface area contributed by atoms with Crippen molar-refractivity contribution in [2.75, 3.05) is 0 Å². The van der Waals surface area contributed by atoms with Gasteiger partial charge in [-0.15, -0.1) is 0 Å². The molecule has 1 aromatic heterocycles. The Morgan fingerprint density at radius 1 is 1.48 bits per heavy atom. The van der Waals surface area contributed by atoms with Crippen LogP contribution in [0, 0.1) is 5.92 Å². The van der Waals surface area contributed by atoms with Crippen LogP contribution in [0.1, 0.15) is 44.7 Å². The minimum atomic E-state index is -1.07. The molecule has 6 nitrogen and oxygen atoms in total. The van der Waals surface area contributed by atoms with Gasteiger partial charge < -0.3 is 10.4 Å². The molecule has 1 amide bonds. The fourth-order valence-corrected chi connectivity index (χ4v) is 2.86. The molecule has 21 heavy (non-hydrogen) atoms. The van der Waals surface area contributed by atoms with Gasteiger partial charge in [0.1, 0.15) is 5.54 Å². The lowest BCUT2D eigenvalue weighted by Gasteiger charge is -2.36. The number of carbonyl (C=O) groups is 2. The fraction of sp³-hybridized carbons (Fsp3) is 0.667. The molecule has 1 aliphatic carbocycles. The first-order chi connectivity index (χ1) is 9.93. The van der Waals surface area contributed by atoms with Crippen LogP contribution in [0.2, 0.25) is 0 Å². The summed E-state index contributed by atoms with van der Waals surface area (Å²) < 4.78 is 1.72. The Morgan fingerprint density at radius 2 is 2.14 bits per heavy atom. The van der Waals surface area contributed by atoms with Crippen molar-refractivity contribution in [3.05, 3.63) is 18.0 Å². The monoisotopic (exact) mass is 293 g/mol. The standard InChI is InChI=1S/C15H23N3O3/c1-11-5-8-15(9-6-11,14(20)21)17-13(19)4-3-12-7-10-16-18(12)2/h7,10-11H,3-6,8-9H2,1-2H3,(H,17,19)(H,20,21). The summed E-state index contributed by atoms with van der Waals surface area (Å²) in [6.07, 6.45) is 5.25. The highest BCUT2D eigenvalue weighted by Crippen LogP contribution is 2.32. The third-order valence-electron chi connectivity index (χ3n) is 4.45. The highest BCUT2D eigenvalue weighted by molar-refractivity contribution is 5.87. The zero-order chi connectivity index (χ0) is 15.5. The highest BCUT2D eigenvalue weighted by atomic mass is 16.4. The van der Waals surface area contributed by atoms with Crippen molar-refractivity contribution in [3.63, 3.8) is 0 Å². The first kappa shape index (κ1) is 15.5. The number of carboxylic acids is 1. The van der Waals surface area contributed by atoms with Crippen LogP contribution in [0.4, 0.5) is 0 Å². The molecule has 1 aliphatic rings. The second-order valence-electron chi connectivity index (χ2n) is 6.06. The Hall–Kier alpha value is -1.85.